The van der Waals surface area contributed by atoms with Crippen LogP contribution in [-0.2, 0) is 4.79 Å². The molecule has 0 aliphatic rings. The maximum absolute atomic E-state index is 11.5. The zero-order valence-electron chi connectivity index (χ0n) is 9.63. The van der Waals surface area contributed by atoms with Crippen LogP contribution in [0.15, 0.2) is 0 Å². The average molecular weight is 227 g/mol. The third-order valence-electron chi connectivity index (χ3n) is 2.32. The van der Waals surface area contributed by atoms with Gasteiger partial charge < -0.3 is 10.2 Å². The van der Waals surface area contributed by atoms with Crippen LogP contribution in [0.1, 0.15) is 17.5 Å². The predicted molar refractivity (Wildman–Crippen MR) is 63.4 cm³/mol. The number of hydrogen-bond donors (Lipinski definition) is 1. The zero-order chi connectivity index (χ0) is 11.4. The van der Waals surface area contributed by atoms with E-state index in [2.05, 4.69) is 10.3 Å². The number of aromatic nitrogens is 1. The van der Waals surface area contributed by atoms with E-state index in [9.17, 15) is 4.79 Å². The van der Waals surface area contributed by atoms with Crippen molar-refractivity contribution in [2.75, 3.05) is 25.5 Å². The first-order chi connectivity index (χ1) is 7.04. The van der Waals surface area contributed by atoms with Crippen LogP contribution in [0.2, 0.25) is 0 Å². The van der Waals surface area contributed by atoms with Gasteiger partial charge in [-0.3, -0.25) is 4.79 Å². The van der Waals surface area contributed by atoms with Crippen LogP contribution >= 0.6 is 11.3 Å². The Balaban J connectivity index is 2.47. The second kappa shape index (κ2) is 5.11. The van der Waals surface area contributed by atoms with Crippen LogP contribution < -0.4 is 5.32 Å². The molecule has 1 amide bonds. The van der Waals surface area contributed by atoms with Crippen LogP contribution in [0.3, 0.4) is 0 Å². The smallest absolute Gasteiger partial charge is 0.241 e. The van der Waals surface area contributed by atoms with E-state index in [1.807, 2.05) is 20.8 Å². The topological polar surface area (TPSA) is 45.2 Å². The van der Waals surface area contributed by atoms with Crippen molar-refractivity contribution in [1.29, 1.82) is 0 Å². The number of rotatable bonds is 4. The van der Waals surface area contributed by atoms with Gasteiger partial charge in [-0.1, -0.05) is 0 Å². The van der Waals surface area contributed by atoms with Crippen LogP contribution in [0.25, 0.3) is 0 Å². The standard InChI is InChI=1S/C10H17N3OS/c1-5-13(4)9(14)6-11-10-12-7(2)8(3)15-10/h5-6H2,1-4H3,(H,11,12). The lowest BCUT2D eigenvalue weighted by Gasteiger charge is -2.14. The molecule has 0 radical (unpaired) electrons. The van der Waals surface area contributed by atoms with E-state index in [-0.39, 0.29) is 5.91 Å². The minimum Gasteiger partial charge on any atom is -0.352 e. The third kappa shape index (κ3) is 3.20. The van der Waals surface area contributed by atoms with Gasteiger partial charge in [-0.2, -0.15) is 0 Å². The monoisotopic (exact) mass is 227 g/mol. The fourth-order valence-corrected chi connectivity index (χ4v) is 1.82. The highest BCUT2D eigenvalue weighted by Gasteiger charge is 2.08. The Kier molecular flexibility index (Phi) is 4.08. The van der Waals surface area contributed by atoms with E-state index in [1.54, 1.807) is 23.3 Å². The van der Waals surface area contributed by atoms with Crippen LogP contribution in [0, 0.1) is 13.8 Å². The summed E-state index contributed by atoms with van der Waals surface area (Å²) in [6.07, 6.45) is 0. The second-order valence-electron chi connectivity index (χ2n) is 3.42. The number of nitrogens with one attached hydrogen (secondary N) is 1. The molecule has 1 heterocycles. The fourth-order valence-electron chi connectivity index (χ4n) is 1.01. The molecule has 0 saturated heterocycles. The number of likely N-dealkylation sites (N-methyl/N-ethyl adjacent to an activating group) is 1. The molecule has 0 aliphatic carbocycles. The van der Waals surface area contributed by atoms with Gasteiger partial charge in [0.25, 0.3) is 0 Å². The summed E-state index contributed by atoms with van der Waals surface area (Å²) in [5.74, 6) is 0.0861. The van der Waals surface area contributed by atoms with Crippen molar-refractivity contribution in [1.82, 2.24) is 9.88 Å². The van der Waals surface area contributed by atoms with Gasteiger partial charge in [0.1, 0.15) is 0 Å². The van der Waals surface area contributed by atoms with Gasteiger partial charge in [0.05, 0.1) is 12.2 Å². The maximum atomic E-state index is 11.5. The van der Waals surface area contributed by atoms with E-state index >= 15 is 0 Å². The largest absolute Gasteiger partial charge is 0.352 e. The van der Waals surface area contributed by atoms with Gasteiger partial charge in [-0.05, 0) is 20.8 Å². The maximum Gasteiger partial charge on any atom is 0.241 e. The van der Waals surface area contributed by atoms with Crippen molar-refractivity contribution in [2.45, 2.75) is 20.8 Å². The first-order valence-corrected chi connectivity index (χ1v) is 5.78. The van der Waals surface area contributed by atoms with Crippen molar-refractivity contribution in [3.8, 4) is 0 Å². The van der Waals surface area contributed by atoms with Crippen molar-refractivity contribution in [3.63, 3.8) is 0 Å². The summed E-state index contributed by atoms with van der Waals surface area (Å²) in [7, 11) is 1.79. The quantitative estimate of drug-likeness (QED) is 0.850. The number of anilines is 1. The summed E-state index contributed by atoms with van der Waals surface area (Å²) in [5.41, 5.74) is 1.03. The van der Waals surface area contributed by atoms with E-state index < -0.39 is 0 Å². The fraction of sp³-hybridized carbons (Fsp3) is 0.600. The van der Waals surface area contributed by atoms with Crippen molar-refractivity contribution in [2.24, 2.45) is 0 Å². The molecular formula is C10H17N3OS. The molecule has 0 bridgehead atoms. The predicted octanol–water partition coefficient (Wildman–Crippen LogP) is 1.65. The molecule has 0 spiro atoms. The summed E-state index contributed by atoms with van der Waals surface area (Å²) in [6, 6.07) is 0. The Bertz CT molecular complexity index is 329. The number of thiazole rings is 1. The lowest BCUT2D eigenvalue weighted by atomic mass is 10.4. The molecule has 84 valence electrons. The van der Waals surface area contributed by atoms with Crippen molar-refractivity contribution < 1.29 is 4.79 Å². The highest BCUT2D eigenvalue weighted by Crippen LogP contribution is 2.20. The Morgan fingerprint density at radius 2 is 2.20 bits per heavy atom. The summed E-state index contributed by atoms with van der Waals surface area (Å²) < 4.78 is 0. The summed E-state index contributed by atoms with van der Waals surface area (Å²) in [5, 5.41) is 3.86. The van der Waals surface area contributed by atoms with Crippen molar-refractivity contribution in [3.05, 3.63) is 10.6 Å². The van der Waals surface area contributed by atoms with E-state index in [4.69, 9.17) is 0 Å². The lowest BCUT2D eigenvalue weighted by molar-refractivity contribution is -0.127. The Morgan fingerprint density at radius 3 is 2.67 bits per heavy atom. The zero-order valence-corrected chi connectivity index (χ0v) is 10.4. The highest BCUT2D eigenvalue weighted by atomic mass is 32.1. The van der Waals surface area contributed by atoms with Crippen LogP contribution in [0.4, 0.5) is 5.13 Å². The van der Waals surface area contributed by atoms with E-state index in [0.717, 1.165) is 17.4 Å². The number of hydrogen-bond acceptors (Lipinski definition) is 4. The third-order valence-corrected chi connectivity index (χ3v) is 3.35. The van der Waals surface area contributed by atoms with Crippen LogP contribution in [0.5, 0.6) is 0 Å². The molecule has 0 fully saturated rings. The molecule has 4 nitrogen and oxygen atoms in total. The number of carbonyl (C=O) groups excluding carboxylic acids is 1. The number of carbonyl (C=O) groups is 1. The molecule has 5 heteroatoms. The van der Waals surface area contributed by atoms with Gasteiger partial charge >= 0.3 is 0 Å². The number of amides is 1. The van der Waals surface area contributed by atoms with E-state index in [1.165, 1.54) is 4.88 Å². The average Bonchev–Trinajstić information content (AvgIpc) is 2.54. The molecule has 15 heavy (non-hydrogen) atoms. The molecule has 1 aromatic heterocycles. The van der Waals surface area contributed by atoms with Crippen LogP contribution in [-0.4, -0.2) is 35.9 Å². The SMILES string of the molecule is CCN(C)C(=O)CNc1nc(C)c(C)s1. The first-order valence-electron chi connectivity index (χ1n) is 4.96. The van der Waals surface area contributed by atoms with Gasteiger partial charge in [0.2, 0.25) is 5.91 Å². The highest BCUT2D eigenvalue weighted by molar-refractivity contribution is 7.15. The van der Waals surface area contributed by atoms with Gasteiger partial charge in [0.15, 0.2) is 5.13 Å². The first kappa shape index (κ1) is 12.0. The van der Waals surface area contributed by atoms with Crippen molar-refractivity contribution >= 4 is 22.4 Å². The summed E-state index contributed by atoms with van der Waals surface area (Å²) >= 11 is 1.58. The molecule has 0 atom stereocenters. The summed E-state index contributed by atoms with van der Waals surface area (Å²) in [4.78, 5) is 18.7. The molecule has 1 N–H and O–H groups in total. The molecule has 0 saturated carbocycles. The number of nitrogens with zero attached hydrogens (tertiary/aromatic N) is 2. The van der Waals surface area contributed by atoms with E-state index in [0.29, 0.717) is 6.54 Å². The summed E-state index contributed by atoms with van der Waals surface area (Å²) in [6.45, 7) is 7.00. The Hall–Kier alpha value is -1.10. The molecule has 1 rings (SSSR count). The van der Waals surface area contributed by atoms with Gasteiger partial charge in [-0.25, -0.2) is 4.98 Å². The molecule has 0 aliphatic heterocycles. The normalized spacial score (nSPS) is 10.1. The Morgan fingerprint density at radius 1 is 1.53 bits per heavy atom. The minimum absolute atomic E-state index is 0.0861. The lowest BCUT2D eigenvalue weighted by Crippen LogP contribution is -2.31. The molecule has 0 unspecified atom stereocenters. The molecular weight excluding hydrogens is 210 g/mol. The minimum atomic E-state index is 0.0861. The molecule has 0 aromatic carbocycles. The second-order valence-corrected chi connectivity index (χ2v) is 4.63. The van der Waals surface area contributed by atoms with Gasteiger partial charge in [-0.15, -0.1) is 11.3 Å². The Labute approximate surface area is 94.3 Å². The van der Waals surface area contributed by atoms with Gasteiger partial charge in [0, 0.05) is 18.5 Å². The number of aryl methyl sites for hydroxylation is 2. The molecule has 1 aromatic rings.